The van der Waals surface area contributed by atoms with Crippen LogP contribution in [0.4, 0.5) is 10.3 Å². The molecule has 34 heavy (non-hydrogen) atoms. The molecule has 2 aliphatic heterocycles. The molecule has 10 heteroatoms. The van der Waals surface area contributed by atoms with Crippen molar-refractivity contribution in [2.75, 3.05) is 23.7 Å². The summed E-state index contributed by atoms with van der Waals surface area (Å²) in [5.74, 6) is -0.289. The minimum Gasteiger partial charge on any atom is -0.453 e. The van der Waals surface area contributed by atoms with Crippen LogP contribution in [0, 0.1) is 11.8 Å². The molecule has 2 saturated heterocycles. The molecule has 0 saturated carbocycles. The highest BCUT2D eigenvalue weighted by Gasteiger charge is 2.46. The van der Waals surface area contributed by atoms with E-state index in [0.29, 0.717) is 25.9 Å². The van der Waals surface area contributed by atoms with E-state index in [-0.39, 0.29) is 23.8 Å². The Morgan fingerprint density at radius 2 is 1.26 bits per heavy atom. The first kappa shape index (κ1) is 24.9. The Morgan fingerprint density at radius 1 is 0.853 bits per heavy atom. The first-order valence-electron chi connectivity index (χ1n) is 12.1. The third-order valence-corrected chi connectivity index (χ3v) is 8.23. The van der Waals surface area contributed by atoms with Crippen LogP contribution in [0.15, 0.2) is 10.8 Å². The summed E-state index contributed by atoms with van der Waals surface area (Å²) in [5, 5.41) is 12.2. The number of rotatable bonds is 11. The summed E-state index contributed by atoms with van der Waals surface area (Å²) < 4.78 is 11.4. The lowest BCUT2D eigenvalue weighted by Crippen LogP contribution is -2.22. The maximum Gasteiger partial charge on any atom is 0.310 e. The van der Waals surface area contributed by atoms with Crippen molar-refractivity contribution in [3.63, 3.8) is 0 Å². The summed E-state index contributed by atoms with van der Waals surface area (Å²) in [6, 6.07) is 0. The van der Waals surface area contributed by atoms with E-state index in [1.54, 1.807) is 0 Å². The van der Waals surface area contributed by atoms with Gasteiger partial charge in [-0.1, -0.05) is 26.7 Å². The molecule has 0 aliphatic carbocycles. The number of hydrogen-bond donors (Lipinski definition) is 2. The van der Waals surface area contributed by atoms with Gasteiger partial charge in [0.15, 0.2) is 21.5 Å². The van der Waals surface area contributed by atoms with E-state index < -0.39 is 11.2 Å². The van der Waals surface area contributed by atoms with Crippen molar-refractivity contribution in [1.29, 1.82) is 0 Å². The van der Waals surface area contributed by atoms with Crippen LogP contribution in [0.3, 0.4) is 0 Å². The van der Waals surface area contributed by atoms with Gasteiger partial charge in [-0.2, -0.15) is 0 Å². The molecular formula is C24H34N4O4S2. The highest BCUT2D eigenvalue weighted by Crippen LogP contribution is 2.43. The Bertz CT molecular complexity index is 944. The summed E-state index contributed by atoms with van der Waals surface area (Å²) in [5.41, 5.74) is 0.341. The van der Waals surface area contributed by atoms with Crippen LogP contribution in [0.5, 0.6) is 0 Å². The number of carbonyl (C=O) groups excluding carboxylic acids is 2. The first-order valence-corrected chi connectivity index (χ1v) is 13.9. The average molecular weight is 507 g/mol. The minimum absolute atomic E-state index is 0.0342. The lowest BCUT2D eigenvalue weighted by atomic mass is 9.91. The monoisotopic (exact) mass is 506 g/mol. The van der Waals surface area contributed by atoms with Crippen molar-refractivity contribution < 1.29 is 19.1 Å². The van der Waals surface area contributed by atoms with Crippen LogP contribution in [-0.4, -0.2) is 35.0 Å². The Hall–Kier alpha value is -2.20. The highest BCUT2D eigenvalue weighted by molar-refractivity contribution is 7.14. The van der Waals surface area contributed by atoms with Crippen molar-refractivity contribution in [2.45, 2.75) is 77.4 Å². The van der Waals surface area contributed by atoms with E-state index in [9.17, 15) is 9.59 Å². The van der Waals surface area contributed by atoms with E-state index in [0.717, 1.165) is 47.3 Å². The van der Waals surface area contributed by atoms with Crippen molar-refractivity contribution >= 4 is 44.9 Å². The number of anilines is 2. The Kier molecular flexibility index (Phi) is 7.47. The molecule has 2 fully saturated rings. The van der Waals surface area contributed by atoms with Gasteiger partial charge in [0, 0.05) is 36.7 Å². The predicted molar refractivity (Wildman–Crippen MR) is 134 cm³/mol. The van der Waals surface area contributed by atoms with Gasteiger partial charge in [0.2, 0.25) is 0 Å². The smallest absolute Gasteiger partial charge is 0.310 e. The largest absolute Gasteiger partial charge is 0.453 e. The summed E-state index contributed by atoms with van der Waals surface area (Å²) in [4.78, 5) is 33.7. The molecule has 2 N–H and O–H groups in total. The summed E-state index contributed by atoms with van der Waals surface area (Å²) in [7, 11) is 0. The number of carbonyl (C=O) groups is 2. The zero-order valence-electron chi connectivity index (χ0n) is 20.3. The SMILES string of the molecule is CCC[C@@H]1C[C@](C)(c2csc(NCCNc3nc([C@@]4(C)C[C@H](CCC)C(=O)O4)cs3)n2)OC1=O. The van der Waals surface area contributed by atoms with Crippen LogP contribution in [0.2, 0.25) is 0 Å². The second-order valence-electron chi connectivity index (χ2n) is 9.61. The van der Waals surface area contributed by atoms with Gasteiger partial charge >= 0.3 is 11.9 Å². The van der Waals surface area contributed by atoms with E-state index in [1.165, 1.54) is 22.7 Å². The molecule has 2 aromatic rings. The van der Waals surface area contributed by atoms with Crippen molar-refractivity contribution in [2.24, 2.45) is 11.8 Å². The molecule has 2 aliphatic rings. The summed E-state index contributed by atoms with van der Waals surface area (Å²) in [6.07, 6.45) is 5.02. The summed E-state index contributed by atoms with van der Waals surface area (Å²) in [6.45, 7) is 9.41. The van der Waals surface area contributed by atoms with Gasteiger partial charge in [0.05, 0.1) is 23.2 Å². The van der Waals surface area contributed by atoms with Gasteiger partial charge in [0.25, 0.3) is 0 Å². The number of nitrogens with one attached hydrogen (secondary N) is 2. The molecular weight excluding hydrogens is 472 g/mol. The van der Waals surface area contributed by atoms with Crippen molar-refractivity contribution in [1.82, 2.24) is 9.97 Å². The van der Waals surface area contributed by atoms with Crippen molar-refractivity contribution in [3.8, 4) is 0 Å². The zero-order chi connectivity index (χ0) is 24.3. The van der Waals surface area contributed by atoms with Gasteiger partial charge in [0.1, 0.15) is 0 Å². The fraction of sp³-hybridized carbons (Fsp3) is 0.667. The third-order valence-electron chi connectivity index (χ3n) is 6.63. The van der Waals surface area contributed by atoms with Crippen LogP contribution >= 0.6 is 22.7 Å². The van der Waals surface area contributed by atoms with E-state index in [2.05, 4.69) is 34.4 Å². The number of ether oxygens (including phenoxy) is 2. The highest BCUT2D eigenvalue weighted by atomic mass is 32.1. The quantitative estimate of drug-likeness (QED) is 0.313. The van der Waals surface area contributed by atoms with E-state index in [4.69, 9.17) is 9.47 Å². The number of hydrogen-bond acceptors (Lipinski definition) is 10. The molecule has 4 rings (SSSR count). The van der Waals surface area contributed by atoms with Crippen LogP contribution in [0.1, 0.15) is 77.6 Å². The molecule has 2 aromatic heterocycles. The van der Waals surface area contributed by atoms with Crippen LogP contribution < -0.4 is 10.6 Å². The standard InChI is InChI=1S/C24H34N4O4S2/c1-5-7-15-11-23(3,31-19(15)29)17-13-33-21(27-17)25-9-10-26-22-28-18(14-34-22)24(4)12-16(8-6-2)20(30)32-24/h13-16H,5-12H2,1-4H3,(H,25,27)(H,26,28)/t15-,16+,23-,24-/m1/s1. The fourth-order valence-electron chi connectivity index (χ4n) is 4.79. The van der Waals surface area contributed by atoms with Crippen LogP contribution in [-0.2, 0) is 30.3 Å². The van der Waals surface area contributed by atoms with Gasteiger partial charge in [-0.3, -0.25) is 9.59 Å². The first-order chi connectivity index (χ1) is 16.3. The molecule has 0 unspecified atom stereocenters. The lowest BCUT2D eigenvalue weighted by Gasteiger charge is -2.20. The predicted octanol–water partition coefficient (Wildman–Crippen LogP) is 5.28. The van der Waals surface area contributed by atoms with E-state index in [1.807, 2.05) is 24.6 Å². The van der Waals surface area contributed by atoms with Gasteiger partial charge in [-0.25, -0.2) is 9.97 Å². The maximum atomic E-state index is 12.2. The van der Waals surface area contributed by atoms with E-state index >= 15 is 0 Å². The topological polar surface area (TPSA) is 102 Å². The second-order valence-corrected chi connectivity index (χ2v) is 11.3. The van der Waals surface area contributed by atoms with Crippen LogP contribution in [0.25, 0.3) is 0 Å². The number of cyclic esters (lactones) is 2. The molecule has 0 aromatic carbocycles. The second kappa shape index (κ2) is 10.2. The maximum absolute atomic E-state index is 12.2. The van der Waals surface area contributed by atoms with Gasteiger partial charge in [-0.05, 0) is 26.7 Å². The molecule has 186 valence electrons. The number of aromatic nitrogens is 2. The average Bonchev–Trinajstić information content (AvgIpc) is 3.55. The fourth-order valence-corrected chi connectivity index (χ4v) is 6.51. The van der Waals surface area contributed by atoms with Gasteiger partial charge < -0.3 is 20.1 Å². The number of thiazole rings is 2. The molecule has 0 amide bonds. The Morgan fingerprint density at radius 3 is 1.65 bits per heavy atom. The lowest BCUT2D eigenvalue weighted by molar-refractivity contribution is -0.151. The Balaban J connectivity index is 1.25. The van der Waals surface area contributed by atoms with Gasteiger partial charge in [-0.15, -0.1) is 22.7 Å². The minimum atomic E-state index is -0.640. The summed E-state index contributed by atoms with van der Waals surface area (Å²) >= 11 is 3.04. The molecule has 0 bridgehead atoms. The molecule has 4 atom stereocenters. The number of nitrogens with zero attached hydrogens (tertiary/aromatic N) is 2. The normalized spacial score (nSPS) is 28.7. The molecule has 0 radical (unpaired) electrons. The Labute approximate surface area is 208 Å². The molecule has 0 spiro atoms. The molecule has 8 nitrogen and oxygen atoms in total. The third kappa shape index (κ3) is 5.22. The number of esters is 2. The zero-order valence-corrected chi connectivity index (χ0v) is 21.9. The van der Waals surface area contributed by atoms with Crippen molar-refractivity contribution in [3.05, 3.63) is 22.1 Å². The molecule has 4 heterocycles.